The molecule has 1 aromatic carbocycles. The molecule has 1 aromatic rings. The molecule has 0 aromatic heterocycles. The molecule has 1 saturated carbocycles. The molecule has 0 saturated heterocycles. The monoisotopic (exact) mass is 272 g/mol. The minimum atomic E-state index is -0.965. The van der Waals surface area contributed by atoms with Crippen LogP contribution in [0.5, 0.6) is 5.75 Å². The number of carboxylic acids is 1. The molecule has 1 unspecified atom stereocenters. The topological polar surface area (TPSA) is 46.5 Å². The second-order valence-electron chi connectivity index (χ2n) is 5.92. The molecule has 1 atom stereocenters. The van der Waals surface area contributed by atoms with E-state index in [0.29, 0.717) is 18.8 Å². The van der Waals surface area contributed by atoms with E-state index < -0.39 is 11.6 Å². The van der Waals surface area contributed by atoms with Gasteiger partial charge in [0.15, 0.2) is 0 Å². The third-order valence-corrected chi connectivity index (χ3v) is 4.28. The lowest BCUT2D eigenvalue weighted by Crippen LogP contribution is -2.29. The molecular formula is C17H20O3. The SMILES string of the molecule is Cc1ccc(C2CC=CCC2)c(OC2(C(=O)O)CC2)c1. The zero-order valence-corrected chi connectivity index (χ0v) is 11.8. The second-order valence-corrected chi connectivity index (χ2v) is 5.92. The van der Waals surface area contributed by atoms with Crippen molar-refractivity contribution in [3.8, 4) is 5.75 Å². The highest BCUT2D eigenvalue weighted by atomic mass is 16.5. The summed E-state index contributed by atoms with van der Waals surface area (Å²) in [4.78, 5) is 11.3. The predicted molar refractivity (Wildman–Crippen MR) is 77.1 cm³/mol. The van der Waals surface area contributed by atoms with Crippen molar-refractivity contribution < 1.29 is 14.6 Å². The van der Waals surface area contributed by atoms with Gasteiger partial charge in [-0.15, -0.1) is 0 Å². The van der Waals surface area contributed by atoms with Crippen molar-refractivity contribution in [1.82, 2.24) is 0 Å². The van der Waals surface area contributed by atoms with Crippen LogP contribution in [0.3, 0.4) is 0 Å². The molecule has 1 fully saturated rings. The molecule has 2 aliphatic rings. The lowest BCUT2D eigenvalue weighted by molar-refractivity contribution is -0.147. The Bertz CT molecular complexity index is 555. The van der Waals surface area contributed by atoms with Gasteiger partial charge in [0.25, 0.3) is 0 Å². The Morgan fingerprint density at radius 3 is 2.75 bits per heavy atom. The fourth-order valence-electron chi connectivity index (χ4n) is 2.83. The highest BCUT2D eigenvalue weighted by Crippen LogP contribution is 2.44. The summed E-state index contributed by atoms with van der Waals surface area (Å²) < 4.78 is 5.92. The van der Waals surface area contributed by atoms with Gasteiger partial charge >= 0.3 is 5.97 Å². The van der Waals surface area contributed by atoms with E-state index in [4.69, 9.17) is 4.74 Å². The number of carboxylic acid groups (broad SMARTS) is 1. The van der Waals surface area contributed by atoms with Crippen molar-refractivity contribution in [2.24, 2.45) is 0 Å². The van der Waals surface area contributed by atoms with Crippen LogP contribution in [0.4, 0.5) is 0 Å². The first-order chi connectivity index (χ1) is 9.61. The van der Waals surface area contributed by atoms with Crippen LogP contribution in [-0.2, 0) is 4.79 Å². The lowest BCUT2D eigenvalue weighted by atomic mass is 9.87. The highest BCUT2D eigenvalue weighted by molar-refractivity contribution is 5.81. The molecule has 0 aliphatic heterocycles. The number of aliphatic carboxylic acids is 1. The summed E-state index contributed by atoms with van der Waals surface area (Å²) >= 11 is 0. The molecule has 0 heterocycles. The van der Waals surface area contributed by atoms with Gasteiger partial charge in [-0.1, -0.05) is 24.3 Å². The molecule has 2 aliphatic carbocycles. The Hall–Kier alpha value is -1.77. The van der Waals surface area contributed by atoms with Gasteiger partial charge in [-0.3, -0.25) is 0 Å². The maximum Gasteiger partial charge on any atom is 0.348 e. The molecule has 1 N–H and O–H groups in total. The number of allylic oxidation sites excluding steroid dienone is 2. The van der Waals surface area contributed by atoms with Crippen molar-refractivity contribution in [3.05, 3.63) is 41.5 Å². The maximum absolute atomic E-state index is 11.3. The number of benzene rings is 1. The fourth-order valence-corrected chi connectivity index (χ4v) is 2.83. The molecule has 0 bridgehead atoms. The lowest BCUT2D eigenvalue weighted by Gasteiger charge is -2.23. The van der Waals surface area contributed by atoms with Gasteiger partial charge in [-0.05, 0) is 49.3 Å². The third kappa shape index (κ3) is 2.45. The first-order valence-corrected chi connectivity index (χ1v) is 7.29. The smallest absolute Gasteiger partial charge is 0.348 e. The third-order valence-electron chi connectivity index (χ3n) is 4.28. The molecule has 106 valence electrons. The minimum Gasteiger partial charge on any atom is -0.478 e. The Morgan fingerprint density at radius 2 is 2.15 bits per heavy atom. The van der Waals surface area contributed by atoms with E-state index in [9.17, 15) is 9.90 Å². The Morgan fingerprint density at radius 1 is 1.35 bits per heavy atom. The maximum atomic E-state index is 11.3. The van der Waals surface area contributed by atoms with Crippen LogP contribution in [0, 0.1) is 6.92 Å². The zero-order chi connectivity index (χ0) is 14.2. The van der Waals surface area contributed by atoms with Crippen molar-refractivity contribution in [3.63, 3.8) is 0 Å². The number of hydrogen-bond acceptors (Lipinski definition) is 2. The summed E-state index contributed by atoms with van der Waals surface area (Å²) in [6.45, 7) is 2.01. The molecule has 0 amide bonds. The summed E-state index contributed by atoms with van der Waals surface area (Å²) in [7, 11) is 0. The van der Waals surface area contributed by atoms with Gasteiger partial charge in [-0.25, -0.2) is 4.79 Å². The van der Waals surface area contributed by atoms with Gasteiger partial charge in [0.05, 0.1) is 0 Å². The highest BCUT2D eigenvalue weighted by Gasteiger charge is 2.53. The van der Waals surface area contributed by atoms with Crippen molar-refractivity contribution in [2.45, 2.75) is 50.5 Å². The van der Waals surface area contributed by atoms with Crippen LogP contribution in [0.15, 0.2) is 30.4 Å². The minimum absolute atomic E-state index is 0.445. The molecule has 3 nitrogen and oxygen atoms in total. The van der Waals surface area contributed by atoms with E-state index in [1.807, 2.05) is 13.0 Å². The zero-order valence-electron chi connectivity index (χ0n) is 11.8. The van der Waals surface area contributed by atoms with Crippen LogP contribution in [-0.4, -0.2) is 16.7 Å². The van der Waals surface area contributed by atoms with E-state index in [-0.39, 0.29) is 0 Å². The van der Waals surface area contributed by atoms with Crippen LogP contribution < -0.4 is 4.74 Å². The Balaban J connectivity index is 1.90. The molecule has 3 rings (SSSR count). The summed E-state index contributed by atoms with van der Waals surface area (Å²) in [5.74, 6) is 0.374. The quantitative estimate of drug-likeness (QED) is 0.848. The summed E-state index contributed by atoms with van der Waals surface area (Å²) in [5, 5.41) is 9.30. The Kier molecular flexibility index (Phi) is 3.28. The van der Waals surface area contributed by atoms with Gasteiger partial charge in [0, 0.05) is 12.8 Å². The van der Waals surface area contributed by atoms with Gasteiger partial charge in [-0.2, -0.15) is 0 Å². The predicted octanol–water partition coefficient (Wildman–Crippen LogP) is 3.81. The molecule has 0 radical (unpaired) electrons. The number of rotatable bonds is 4. The molecule has 3 heteroatoms. The van der Waals surface area contributed by atoms with Gasteiger partial charge in [0.1, 0.15) is 5.75 Å². The normalized spacial score (nSPS) is 23.4. The molecular weight excluding hydrogens is 252 g/mol. The van der Waals surface area contributed by atoms with Gasteiger partial charge < -0.3 is 9.84 Å². The number of aryl methyl sites for hydroxylation is 1. The summed E-state index contributed by atoms with van der Waals surface area (Å²) in [6.07, 6.45) is 8.85. The van der Waals surface area contributed by atoms with Crippen LogP contribution in [0.1, 0.15) is 49.1 Å². The Labute approximate surface area is 119 Å². The van der Waals surface area contributed by atoms with Crippen molar-refractivity contribution in [1.29, 1.82) is 0 Å². The van der Waals surface area contributed by atoms with Gasteiger partial charge in [0.2, 0.25) is 5.60 Å². The van der Waals surface area contributed by atoms with Crippen molar-refractivity contribution in [2.75, 3.05) is 0 Å². The number of hydrogen-bond donors (Lipinski definition) is 1. The number of ether oxygens (including phenoxy) is 1. The fraction of sp³-hybridized carbons (Fsp3) is 0.471. The van der Waals surface area contributed by atoms with Crippen LogP contribution in [0.2, 0.25) is 0 Å². The van der Waals surface area contributed by atoms with E-state index in [1.165, 1.54) is 0 Å². The number of carbonyl (C=O) groups is 1. The molecule has 0 spiro atoms. The van der Waals surface area contributed by atoms with E-state index in [0.717, 1.165) is 36.1 Å². The van der Waals surface area contributed by atoms with E-state index in [1.54, 1.807) is 0 Å². The molecule has 20 heavy (non-hydrogen) atoms. The van der Waals surface area contributed by atoms with Crippen LogP contribution in [0.25, 0.3) is 0 Å². The van der Waals surface area contributed by atoms with E-state index in [2.05, 4.69) is 24.3 Å². The largest absolute Gasteiger partial charge is 0.478 e. The first-order valence-electron chi connectivity index (χ1n) is 7.29. The standard InChI is InChI=1S/C17H20O3/c1-12-7-8-14(13-5-3-2-4-6-13)15(11-12)20-17(9-10-17)16(18)19/h2-3,7-8,11,13H,4-6,9-10H2,1H3,(H,18,19). The average molecular weight is 272 g/mol. The summed E-state index contributed by atoms with van der Waals surface area (Å²) in [6, 6.07) is 6.17. The van der Waals surface area contributed by atoms with Crippen LogP contribution >= 0.6 is 0 Å². The first kappa shape index (κ1) is 13.2. The van der Waals surface area contributed by atoms with Crippen molar-refractivity contribution >= 4 is 5.97 Å². The second kappa shape index (κ2) is 4.97. The summed E-state index contributed by atoms with van der Waals surface area (Å²) in [5.41, 5.74) is 1.30. The average Bonchev–Trinajstić information content (AvgIpc) is 3.21. The van der Waals surface area contributed by atoms with E-state index >= 15 is 0 Å².